The molecular weight excluding hydrogens is 283 g/mol. The molecule has 3 heterocycles. The Bertz CT molecular complexity index is 741. The minimum absolute atomic E-state index is 0.214. The molecule has 0 aliphatic heterocycles. The Morgan fingerprint density at radius 2 is 2.09 bits per heavy atom. The highest BCUT2D eigenvalue weighted by Gasteiger charge is 2.09. The van der Waals surface area contributed by atoms with Crippen molar-refractivity contribution >= 4 is 5.82 Å². The van der Waals surface area contributed by atoms with Gasteiger partial charge in [0.2, 0.25) is 0 Å². The first-order valence-corrected chi connectivity index (χ1v) is 6.98. The van der Waals surface area contributed by atoms with Crippen LogP contribution in [0.25, 0.3) is 11.3 Å². The number of furan rings is 1. The molecule has 22 heavy (non-hydrogen) atoms. The molecule has 0 aromatic carbocycles. The summed E-state index contributed by atoms with van der Waals surface area (Å²) >= 11 is 0. The highest BCUT2D eigenvalue weighted by molar-refractivity contribution is 5.57. The molecule has 0 saturated carbocycles. The molecule has 0 bridgehead atoms. The zero-order valence-electron chi connectivity index (χ0n) is 12.1. The van der Waals surface area contributed by atoms with Crippen molar-refractivity contribution < 1.29 is 8.81 Å². The van der Waals surface area contributed by atoms with Crippen molar-refractivity contribution in [1.82, 2.24) is 15.0 Å². The van der Waals surface area contributed by atoms with Crippen molar-refractivity contribution in [3.63, 3.8) is 0 Å². The van der Waals surface area contributed by atoms with E-state index >= 15 is 0 Å². The van der Waals surface area contributed by atoms with Gasteiger partial charge in [0.25, 0.3) is 0 Å². The van der Waals surface area contributed by atoms with E-state index in [1.54, 1.807) is 18.7 Å². The van der Waals surface area contributed by atoms with Gasteiger partial charge >= 0.3 is 0 Å². The first-order valence-electron chi connectivity index (χ1n) is 6.98. The summed E-state index contributed by atoms with van der Waals surface area (Å²) < 4.78 is 19.0. The van der Waals surface area contributed by atoms with E-state index < -0.39 is 5.82 Å². The van der Waals surface area contributed by atoms with Crippen LogP contribution in [0.15, 0.2) is 47.7 Å². The van der Waals surface area contributed by atoms with Crippen molar-refractivity contribution in [2.45, 2.75) is 19.9 Å². The van der Waals surface area contributed by atoms with Crippen LogP contribution in [0.4, 0.5) is 10.2 Å². The summed E-state index contributed by atoms with van der Waals surface area (Å²) in [4.78, 5) is 12.2. The van der Waals surface area contributed by atoms with Gasteiger partial charge in [0, 0.05) is 18.3 Å². The fourth-order valence-electron chi connectivity index (χ4n) is 2.07. The summed E-state index contributed by atoms with van der Waals surface area (Å²) in [6.45, 7) is 2.30. The summed E-state index contributed by atoms with van der Waals surface area (Å²) in [6, 6.07) is 5.68. The highest BCUT2D eigenvalue weighted by Crippen LogP contribution is 2.18. The van der Waals surface area contributed by atoms with Crippen LogP contribution in [0.1, 0.15) is 18.2 Å². The van der Waals surface area contributed by atoms with Gasteiger partial charge in [0.05, 0.1) is 23.9 Å². The number of aryl methyl sites for hydroxylation is 1. The van der Waals surface area contributed by atoms with Gasteiger partial charge in [0.15, 0.2) is 11.6 Å². The van der Waals surface area contributed by atoms with Crippen LogP contribution >= 0.6 is 0 Å². The Morgan fingerprint density at radius 1 is 1.18 bits per heavy atom. The molecule has 0 fully saturated rings. The normalized spacial score (nSPS) is 10.6. The summed E-state index contributed by atoms with van der Waals surface area (Å²) in [7, 11) is 0. The monoisotopic (exact) mass is 298 g/mol. The van der Waals surface area contributed by atoms with Gasteiger partial charge in [-0.15, -0.1) is 0 Å². The fraction of sp³-hybridized carbons (Fsp3) is 0.188. The number of hydrogen-bond acceptors (Lipinski definition) is 5. The standard InChI is InChI=1S/C16H15FN4O/c1-2-13-15(17)16(21-10-20-13)19-8-11-3-4-14(18-7-11)12-5-6-22-9-12/h3-7,9-10H,2,8H2,1H3,(H,19,20,21). The van der Waals surface area contributed by atoms with Crippen LogP contribution in [0.3, 0.4) is 0 Å². The Morgan fingerprint density at radius 3 is 2.77 bits per heavy atom. The van der Waals surface area contributed by atoms with Crippen LogP contribution in [0, 0.1) is 5.82 Å². The molecule has 0 radical (unpaired) electrons. The summed E-state index contributed by atoms with van der Waals surface area (Å²) in [5.41, 5.74) is 3.10. The number of halogens is 1. The van der Waals surface area contributed by atoms with Crippen LogP contribution in [0.5, 0.6) is 0 Å². The van der Waals surface area contributed by atoms with E-state index in [9.17, 15) is 4.39 Å². The fourth-order valence-corrected chi connectivity index (χ4v) is 2.07. The second-order valence-electron chi connectivity index (χ2n) is 4.75. The highest BCUT2D eigenvalue weighted by atomic mass is 19.1. The van der Waals surface area contributed by atoms with Crippen molar-refractivity contribution in [3.8, 4) is 11.3 Å². The Labute approximate surface area is 127 Å². The second kappa shape index (κ2) is 6.34. The second-order valence-corrected chi connectivity index (χ2v) is 4.75. The van der Waals surface area contributed by atoms with Crippen LogP contribution < -0.4 is 5.32 Å². The molecule has 1 N–H and O–H groups in total. The van der Waals surface area contributed by atoms with E-state index in [2.05, 4.69) is 20.3 Å². The average molecular weight is 298 g/mol. The molecule has 6 heteroatoms. The van der Waals surface area contributed by atoms with Gasteiger partial charge in [-0.2, -0.15) is 0 Å². The molecule has 0 aliphatic rings. The van der Waals surface area contributed by atoms with E-state index in [0.29, 0.717) is 18.7 Å². The van der Waals surface area contributed by atoms with Gasteiger partial charge in [-0.1, -0.05) is 13.0 Å². The van der Waals surface area contributed by atoms with Crippen molar-refractivity contribution in [2.24, 2.45) is 0 Å². The van der Waals surface area contributed by atoms with Gasteiger partial charge in [-0.3, -0.25) is 4.98 Å². The summed E-state index contributed by atoms with van der Waals surface area (Å²) in [5.74, 6) is -0.182. The molecule has 0 amide bonds. The SMILES string of the molecule is CCc1ncnc(NCc2ccc(-c3ccoc3)nc2)c1F. The smallest absolute Gasteiger partial charge is 0.186 e. The van der Waals surface area contributed by atoms with Gasteiger partial charge in [-0.05, 0) is 24.1 Å². The lowest BCUT2D eigenvalue weighted by Gasteiger charge is -2.08. The zero-order chi connectivity index (χ0) is 15.4. The van der Waals surface area contributed by atoms with Crippen LogP contribution in [0.2, 0.25) is 0 Å². The maximum Gasteiger partial charge on any atom is 0.186 e. The number of pyridine rings is 1. The van der Waals surface area contributed by atoms with Crippen molar-refractivity contribution in [2.75, 3.05) is 5.32 Å². The lowest BCUT2D eigenvalue weighted by atomic mass is 10.2. The molecule has 0 aliphatic carbocycles. The van der Waals surface area contributed by atoms with Gasteiger partial charge in [-0.25, -0.2) is 14.4 Å². The minimum Gasteiger partial charge on any atom is -0.472 e. The number of nitrogens with one attached hydrogen (secondary N) is 1. The van der Waals surface area contributed by atoms with E-state index in [1.165, 1.54) is 6.33 Å². The van der Waals surface area contributed by atoms with Crippen molar-refractivity contribution in [1.29, 1.82) is 0 Å². The third-order valence-corrected chi connectivity index (χ3v) is 3.30. The van der Waals surface area contributed by atoms with Crippen LogP contribution in [-0.2, 0) is 13.0 Å². The topological polar surface area (TPSA) is 63.8 Å². The molecule has 0 atom stereocenters. The maximum atomic E-state index is 14.0. The lowest BCUT2D eigenvalue weighted by Crippen LogP contribution is -2.07. The molecule has 3 rings (SSSR count). The lowest BCUT2D eigenvalue weighted by molar-refractivity contribution is 0.568. The van der Waals surface area contributed by atoms with E-state index in [4.69, 9.17) is 4.42 Å². The predicted molar refractivity (Wildman–Crippen MR) is 80.6 cm³/mol. The molecule has 0 spiro atoms. The van der Waals surface area contributed by atoms with Gasteiger partial charge < -0.3 is 9.73 Å². The van der Waals surface area contributed by atoms with Gasteiger partial charge in [0.1, 0.15) is 6.33 Å². The molecule has 0 saturated heterocycles. The number of anilines is 1. The number of aromatic nitrogens is 3. The van der Waals surface area contributed by atoms with E-state index in [0.717, 1.165) is 16.8 Å². The third-order valence-electron chi connectivity index (χ3n) is 3.30. The third kappa shape index (κ3) is 2.95. The number of rotatable bonds is 5. The molecule has 0 unspecified atom stereocenters. The first kappa shape index (κ1) is 14.2. The maximum absolute atomic E-state index is 14.0. The van der Waals surface area contributed by atoms with Crippen LogP contribution in [-0.4, -0.2) is 15.0 Å². The van der Waals surface area contributed by atoms with E-state index in [-0.39, 0.29) is 5.82 Å². The Hall–Kier alpha value is -2.76. The number of nitrogens with zero attached hydrogens (tertiary/aromatic N) is 3. The van der Waals surface area contributed by atoms with Crippen molar-refractivity contribution in [3.05, 3.63) is 60.3 Å². The summed E-state index contributed by atoms with van der Waals surface area (Å²) in [6.07, 6.45) is 6.89. The first-order chi connectivity index (χ1) is 10.8. The molecule has 3 aromatic heterocycles. The molecular formula is C16H15FN4O. The summed E-state index contributed by atoms with van der Waals surface area (Å²) in [5, 5.41) is 2.97. The Balaban J connectivity index is 1.69. The quantitative estimate of drug-likeness (QED) is 0.781. The average Bonchev–Trinajstić information content (AvgIpc) is 3.09. The molecule has 5 nitrogen and oxygen atoms in total. The Kier molecular flexibility index (Phi) is 4.09. The largest absolute Gasteiger partial charge is 0.472 e. The predicted octanol–water partition coefficient (Wildman–Crippen LogP) is 3.45. The molecule has 3 aromatic rings. The zero-order valence-corrected chi connectivity index (χ0v) is 12.1. The minimum atomic E-state index is -0.395. The van der Waals surface area contributed by atoms with E-state index in [1.807, 2.05) is 25.1 Å². The number of hydrogen-bond donors (Lipinski definition) is 1. The molecule has 112 valence electrons.